The summed E-state index contributed by atoms with van der Waals surface area (Å²) >= 11 is 6.05. The predicted octanol–water partition coefficient (Wildman–Crippen LogP) is 6.32. The number of rotatable bonds is 9. The molecule has 0 saturated carbocycles. The second-order valence-electron chi connectivity index (χ2n) is 7.90. The number of nitrogens with zero attached hydrogens (tertiary/aromatic N) is 2. The van der Waals surface area contributed by atoms with Crippen LogP contribution < -0.4 is 10.1 Å². The van der Waals surface area contributed by atoms with Crippen LogP contribution >= 0.6 is 11.6 Å². The first-order chi connectivity index (χ1) is 17.0. The Morgan fingerprint density at radius 2 is 1.75 bits per heavy atom. The third kappa shape index (κ3) is 6.23. The molecule has 0 aliphatic carbocycles. The highest BCUT2D eigenvalue weighted by Gasteiger charge is 2.58. The van der Waals surface area contributed by atoms with Crippen LogP contribution in [0.1, 0.15) is 27.0 Å². The molecule has 2 aromatic carbocycles. The van der Waals surface area contributed by atoms with Gasteiger partial charge in [0.15, 0.2) is 0 Å². The number of nitrogens with one attached hydrogen (secondary N) is 1. The molecule has 0 bridgehead atoms. The van der Waals surface area contributed by atoms with Gasteiger partial charge in [-0.05, 0) is 35.7 Å². The van der Waals surface area contributed by atoms with Gasteiger partial charge in [-0.2, -0.15) is 22.0 Å². The summed E-state index contributed by atoms with van der Waals surface area (Å²) in [6.45, 7) is 0.165. The smallest absolute Gasteiger partial charge is 0.458 e. The van der Waals surface area contributed by atoms with Crippen LogP contribution in [0.5, 0.6) is 5.75 Å². The molecule has 1 N–H and O–H groups in total. The van der Waals surface area contributed by atoms with Crippen LogP contribution in [0, 0.1) is 0 Å². The lowest BCUT2D eigenvalue weighted by molar-refractivity contribution is -0.289. The van der Waals surface area contributed by atoms with Crippen molar-refractivity contribution in [3.8, 4) is 5.75 Å². The number of halogens is 6. The highest BCUT2D eigenvalue weighted by atomic mass is 35.5. The standard InChI is InChI=1S/C25H23ClF5N3O2/c1-32-22-21(13-19(26)14-33-22)23(35)34(11-10-16-4-3-5-20(12-16)36-2)15-17-6-8-18(9-7-17)24(27,28)25(29,30)31/h3-9,12-14H,10-11,15H2,1-2H3,(H,32,33). The number of amides is 1. The van der Waals surface area contributed by atoms with Crippen LogP contribution in [-0.2, 0) is 18.9 Å². The molecule has 5 nitrogen and oxygen atoms in total. The molecular formula is C25H23ClF5N3O2. The van der Waals surface area contributed by atoms with Crippen LogP contribution in [0.3, 0.4) is 0 Å². The largest absolute Gasteiger partial charge is 0.497 e. The summed E-state index contributed by atoms with van der Waals surface area (Å²) in [7, 11) is 3.12. The van der Waals surface area contributed by atoms with E-state index in [1.807, 2.05) is 12.1 Å². The zero-order chi connectivity index (χ0) is 26.5. The number of anilines is 1. The zero-order valence-electron chi connectivity index (χ0n) is 19.4. The van der Waals surface area contributed by atoms with Gasteiger partial charge in [0.2, 0.25) is 0 Å². The summed E-state index contributed by atoms with van der Waals surface area (Å²) in [5.74, 6) is -4.50. The monoisotopic (exact) mass is 527 g/mol. The first-order valence-corrected chi connectivity index (χ1v) is 11.1. The van der Waals surface area contributed by atoms with Crippen molar-refractivity contribution in [2.45, 2.75) is 25.1 Å². The van der Waals surface area contributed by atoms with Gasteiger partial charge in [0.25, 0.3) is 5.91 Å². The number of hydrogen-bond acceptors (Lipinski definition) is 4. The van der Waals surface area contributed by atoms with Gasteiger partial charge < -0.3 is 15.0 Å². The molecular weight excluding hydrogens is 505 g/mol. The number of hydrogen-bond donors (Lipinski definition) is 1. The Morgan fingerprint density at radius 1 is 1.06 bits per heavy atom. The Labute approximate surface area is 209 Å². The van der Waals surface area contributed by atoms with Crippen molar-refractivity contribution >= 4 is 23.3 Å². The molecule has 11 heteroatoms. The Morgan fingerprint density at radius 3 is 2.36 bits per heavy atom. The molecule has 1 heterocycles. The Kier molecular flexibility index (Phi) is 8.39. The predicted molar refractivity (Wildman–Crippen MR) is 127 cm³/mol. The number of alkyl halides is 5. The van der Waals surface area contributed by atoms with Crippen molar-refractivity contribution in [1.82, 2.24) is 9.88 Å². The first-order valence-electron chi connectivity index (χ1n) is 10.8. The normalized spacial score (nSPS) is 11.8. The molecule has 1 aromatic heterocycles. The highest BCUT2D eigenvalue weighted by Crippen LogP contribution is 2.43. The van der Waals surface area contributed by atoms with E-state index < -0.39 is 23.6 Å². The fourth-order valence-corrected chi connectivity index (χ4v) is 3.68. The van der Waals surface area contributed by atoms with E-state index in [1.165, 1.54) is 24.3 Å². The van der Waals surface area contributed by atoms with Gasteiger partial charge in [-0.15, -0.1) is 0 Å². The number of aromatic nitrogens is 1. The van der Waals surface area contributed by atoms with Gasteiger partial charge >= 0.3 is 12.1 Å². The van der Waals surface area contributed by atoms with E-state index in [0.717, 1.165) is 17.7 Å². The second kappa shape index (κ2) is 11.1. The molecule has 0 saturated heterocycles. The van der Waals surface area contributed by atoms with Crippen molar-refractivity contribution in [2.75, 3.05) is 26.0 Å². The Hall–Kier alpha value is -3.40. The molecule has 0 radical (unpaired) electrons. The fourth-order valence-electron chi connectivity index (χ4n) is 3.52. The number of ether oxygens (including phenoxy) is 1. The lowest BCUT2D eigenvalue weighted by atomic mass is 10.0. The summed E-state index contributed by atoms with van der Waals surface area (Å²) in [5, 5.41) is 3.07. The van der Waals surface area contributed by atoms with Gasteiger partial charge in [0, 0.05) is 31.9 Å². The molecule has 1 amide bonds. The second-order valence-corrected chi connectivity index (χ2v) is 8.33. The van der Waals surface area contributed by atoms with E-state index in [-0.39, 0.29) is 29.5 Å². The maximum atomic E-state index is 13.7. The minimum atomic E-state index is -5.71. The van der Waals surface area contributed by atoms with Gasteiger partial charge in [-0.3, -0.25) is 4.79 Å². The summed E-state index contributed by atoms with van der Waals surface area (Å²) in [4.78, 5) is 19.0. The van der Waals surface area contributed by atoms with E-state index in [1.54, 1.807) is 19.2 Å². The van der Waals surface area contributed by atoms with Crippen molar-refractivity contribution in [3.05, 3.63) is 88.1 Å². The van der Waals surface area contributed by atoms with E-state index in [4.69, 9.17) is 16.3 Å². The van der Waals surface area contributed by atoms with Crippen molar-refractivity contribution in [1.29, 1.82) is 0 Å². The average molecular weight is 528 g/mol. The summed E-state index contributed by atoms with van der Waals surface area (Å²) in [5.41, 5.74) is 0.266. The zero-order valence-corrected chi connectivity index (χ0v) is 20.1. The third-order valence-corrected chi connectivity index (χ3v) is 5.67. The molecule has 192 valence electrons. The Bertz CT molecular complexity index is 1200. The average Bonchev–Trinajstić information content (AvgIpc) is 2.85. The minimum Gasteiger partial charge on any atom is -0.497 e. The SMILES string of the molecule is CNc1ncc(Cl)cc1C(=O)N(CCc1cccc(OC)c1)Cc1ccc(C(F)(F)C(F)(F)F)cc1. The quantitative estimate of drug-likeness (QED) is 0.331. The van der Waals surface area contributed by atoms with E-state index in [9.17, 15) is 26.7 Å². The van der Waals surface area contributed by atoms with Gasteiger partial charge in [0.05, 0.1) is 17.7 Å². The summed E-state index contributed by atoms with van der Waals surface area (Å²) in [6.07, 6.45) is -3.91. The molecule has 0 aliphatic rings. The topological polar surface area (TPSA) is 54.5 Å². The van der Waals surface area contributed by atoms with Crippen LogP contribution in [-0.4, -0.2) is 42.7 Å². The number of carbonyl (C=O) groups is 1. The van der Waals surface area contributed by atoms with E-state index in [0.29, 0.717) is 29.9 Å². The maximum absolute atomic E-state index is 13.7. The minimum absolute atomic E-state index is 0.0453. The third-order valence-electron chi connectivity index (χ3n) is 5.46. The molecule has 3 rings (SSSR count). The van der Waals surface area contributed by atoms with Crippen LogP contribution in [0.15, 0.2) is 60.8 Å². The van der Waals surface area contributed by atoms with Crippen LogP contribution in [0.2, 0.25) is 5.02 Å². The van der Waals surface area contributed by atoms with Crippen LogP contribution in [0.4, 0.5) is 27.8 Å². The highest BCUT2D eigenvalue weighted by molar-refractivity contribution is 6.31. The molecule has 0 aliphatic heterocycles. The molecule has 36 heavy (non-hydrogen) atoms. The van der Waals surface area contributed by atoms with Crippen molar-refractivity contribution in [3.63, 3.8) is 0 Å². The number of methoxy groups -OCH3 is 1. The summed E-state index contributed by atoms with van der Waals surface area (Å²) < 4.78 is 70.7. The lowest BCUT2D eigenvalue weighted by Gasteiger charge is -2.25. The lowest BCUT2D eigenvalue weighted by Crippen LogP contribution is -2.34. The molecule has 0 unspecified atom stereocenters. The van der Waals surface area contributed by atoms with E-state index >= 15 is 0 Å². The number of pyridine rings is 1. The van der Waals surface area contributed by atoms with E-state index in [2.05, 4.69) is 10.3 Å². The van der Waals surface area contributed by atoms with Gasteiger partial charge in [-0.1, -0.05) is 48.0 Å². The van der Waals surface area contributed by atoms with Crippen molar-refractivity contribution in [2.24, 2.45) is 0 Å². The molecule has 0 spiro atoms. The number of benzene rings is 2. The maximum Gasteiger partial charge on any atom is 0.458 e. The first kappa shape index (κ1) is 27.2. The molecule has 0 fully saturated rings. The van der Waals surface area contributed by atoms with Crippen LogP contribution in [0.25, 0.3) is 0 Å². The van der Waals surface area contributed by atoms with Gasteiger partial charge in [0.1, 0.15) is 11.6 Å². The fraction of sp³-hybridized carbons (Fsp3) is 0.280. The molecule has 3 aromatic rings. The Balaban J connectivity index is 1.90. The summed E-state index contributed by atoms with van der Waals surface area (Å²) in [6, 6.07) is 12.4. The van der Waals surface area contributed by atoms with Gasteiger partial charge in [-0.25, -0.2) is 4.98 Å². The van der Waals surface area contributed by atoms with Crippen molar-refractivity contribution < 1.29 is 31.5 Å². The molecule has 0 atom stereocenters. The number of carbonyl (C=O) groups excluding carboxylic acids is 1.